The van der Waals surface area contributed by atoms with Gasteiger partial charge in [0.05, 0.1) is 0 Å². The molecule has 0 spiro atoms. The molecule has 0 aliphatic carbocycles. The highest BCUT2D eigenvalue weighted by Crippen LogP contribution is 2.29. The maximum Gasteiger partial charge on any atom is 0.410 e. The Labute approximate surface area is 194 Å². The van der Waals surface area contributed by atoms with E-state index in [-0.39, 0.29) is 30.4 Å². The molecular weight excluding hydrogens is 424 g/mol. The van der Waals surface area contributed by atoms with Gasteiger partial charge in [-0.05, 0) is 51.3 Å². The third-order valence-electron chi connectivity index (χ3n) is 6.33. The number of benzene rings is 1. The van der Waals surface area contributed by atoms with E-state index >= 15 is 0 Å². The van der Waals surface area contributed by atoms with Gasteiger partial charge in [-0.1, -0.05) is 12.1 Å². The highest BCUT2D eigenvalue weighted by molar-refractivity contribution is 6.05. The minimum absolute atomic E-state index is 0.0348. The molecule has 0 aromatic heterocycles. The number of ether oxygens (including phenoxy) is 1. The molecular formula is C24H32N4O5. The highest BCUT2D eigenvalue weighted by atomic mass is 16.6. The van der Waals surface area contributed by atoms with E-state index in [1.165, 1.54) is 0 Å². The van der Waals surface area contributed by atoms with Crippen molar-refractivity contribution in [2.24, 2.45) is 0 Å². The molecule has 2 saturated heterocycles. The second kappa shape index (κ2) is 8.78. The summed E-state index contributed by atoms with van der Waals surface area (Å²) in [6, 6.07) is 5.25. The van der Waals surface area contributed by atoms with Crippen molar-refractivity contribution in [1.82, 2.24) is 20.0 Å². The van der Waals surface area contributed by atoms with Crippen LogP contribution in [0.3, 0.4) is 0 Å². The SMILES string of the molecule is C[C@H]1CN(Cc2ccc3c(c2)CN(C2CCC(=O)NC2=O)C3=O)CCN1C(=O)OC(C)(C)C. The fourth-order valence-corrected chi connectivity index (χ4v) is 4.75. The summed E-state index contributed by atoms with van der Waals surface area (Å²) < 4.78 is 5.52. The van der Waals surface area contributed by atoms with Gasteiger partial charge in [0, 0.05) is 50.7 Å². The minimum atomic E-state index is -0.604. The molecule has 9 nitrogen and oxygen atoms in total. The molecule has 33 heavy (non-hydrogen) atoms. The Bertz CT molecular complexity index is 986. The fraction of sp³-hybridized carbons (Fsp3) is 0.583. The van der Waals surface area contributed by atoms with Gasteiger partial charge in [0.15, 0.2) is 0 Å². The third kappa shape index (κ3) is 5.03. The first-order valence-electron chi connectivity index (χ1n) is 11.5. The van der Waals surface area contributed by atoms with E-state index in [9.17, 15) is 19.2 Å². The standard InChI is InChI=1S/C24H32N4O5/c1-15-12-26(9-10-27(15)23(32)33-24(2,3)4)13-16-5-6-18-17(11-16)14-28(22(18)31)19-7-8-20(29)25-21(19)30/h5-6,11,15,19H,7-10,12-14H2,1-4H3,(H,25,29,30)/t15-,19?/m0/s1. The summed E-state index contributed by atoms with van der Waals surface area (Å²) in [6.07, 6.45) is 0.325. The number of amides is 4. The Morgan fingerprint density at radius 1 is 1.18 bits per heavy atom. The predicted octanol–water partition coefficient (Wildman–Crippen LogP) is 1.89. The Morgan fingerprint density at radius 2 is 1.94 bits per heavy atom. The van der Waals surface area contributed by atoms with E-state index < -0.39 is 17.6 Å². The van der Waals surface area contributed by atoms with E-state index in [0.29, 0.717) is 31.6 Å². The molecule has 2 atom stereocenters. The highest BCUT2D eigenvalue weighted by Gasteiger charge is 2.39. The van der Waals surface area contributed by atoms with Gasteiger partial charge in [-0.15, -0.1) is 0 Å². The zero-order valence-electron chi connectivity index (χ0n) is 19.7. The zero-order chi connectivity index (χ0) is 23.9. The number of hydrogen-bond donors (Lipinski definition) is 1. The van der Waals surface area contributed by atoms with Crippen LogP contribution < -0.4 is 5.32 Å². The third-order valence-corrected chi connectivity index (χ3v) is 6.33. The van der Waals surface area contributed by atoms with Gasteiger partial charge in [-0.2, -0.15) is 0 Å². The first-order chi connectivity index (χ1) is 15.5. The Morgan fingerprint density at radius 3 is 2.61 bits per heavy atom. The molecule has 178 valence electrons. The van der Waals surface area contributed by atoms with Crippen LogP contribution in [0.25, 0.3) is 0 Å². The van der Waals surface area contributed by atoms with Gasteiger partial charge in [-0.25, -0.2) is 4.79 Å². The molecule has 1 N–H and O–H groups in total. The smallest absolute Gasteiger partial charge is 0.410 e. The minimum Gasteiger partial charge on any atom is -0.444 e. The first kappa shape index (κ1) is 23.2. The van der Waals surface area contributed by atoms with E-state index in [0.717, 1.165) is 24.2 Å². The van der Waals surface area contributed by atoms with Crippen LogP contribution >= 0.6 is 0 Å². The molecule has 3 heterocycles. The van der Waals surface area contributed by atoms with Crippen LogP contribution in [0, 0.1) is 0 Å². The lowest BCUT2D eigenvalue weighted by molar-refractivity contribution is -0.136. The number of rotatable bonds is 3. The zero-order valence-corrected chi connectivity index (χ0v) is 19.7. The average molecular weight is 457 g/mol. The normalized spacial score (nSPS) is 24.1. The monoisotopic (exact) mass is 456 g/mol. The van der Waals surface area contributed by atoms with Crippen molar-refractivity contribution in [2.75, 3.05) is 19.6 Å². The van der Waals surface area contributed by atoms with E-state index in [1.54, 1.807) is 9.80 Å². The van der Waals surface area contributed by atoms with Gasteiger partial charge in [0.1, 0.15) is 11.6 Å². The van der Waals surface area contributed by atoms with Gasteiger partial charge < -0.3 is 14.5 Å². The quantitative estimate of drug-likeness (QED) is 0.698. The van der Waals surface area contributed by atoms with Gasteiger partial charge >= 0.3 is 6.09 Å². The van der Waals surface area contributed by atoms with Crippen LogP contribution in [0.15, 0.2) is 18.2 Å². The van der Waals surface area contributed by atoms with Crippen LogP contribution in [-0.4, -0.2) is 75.8 Å². The summed E-state index contributed by atoms with van der Waals surface area (Å²) in [7, 11) is 0. The van der Waals surface area contributed by atoms with Crippen LogP contribution in [0.2, 0.25) is 0 Å². The average Bonchev–Trinajstić information content (AvgIpc) is 3.02. The molecule has 4 rings (SSSR count). The molecule has 3 aliphatic heterocycles. The lowest BCUT2D eigenvalue weighted by Crippen LogP contribution is -2.54. The second-order valence-corrected chi connectivity index (χ2v) is 10.1. The molecule has 1 unspecified atom stereocenters. The lowest BCUT2D eigenvalue weighted by Gasteiger charge is -2.40. The van der Waals surface area contributed by atoms with Crippen LogP contribution in [0.5, 0.6) is 0 Å². The van der Waals surface area contributed by atoms with Crippen LogP contribution in [0.4, 0.5) is 4.79 Å². The number of hydrogen-bond acceptors (Lipinski definition) is 6. The molecule has 1 aromatic rings. The Balaban J connectivity index is 1.38. The fourth-order valence-electron chi connectivity index (χ4n) is 4.75. The van der Waals surface area contributed by atoms with Crippen molar-refractivity contribution < 1.29 is 23.9 Å². The number of imide groups is 1. The number of piperazine rings is 1. The number of piperidine rings is 1. The summed E-state index contributed by atoms with van der Waals surface area (Å²) in [6.45, 7) is 10.8. The molecule has 2 fully saturated rings. The molecule has 4 amide bonds. The molecule has 0 saturated carbocycles. The maximum atomic E-state index is 12.9. The predicted molar refractivity (Wildman–Crippen MR) is 120 cm³/mol. The molecule has 0 bridgehead atoms. The van der Waals surface area contributed by atoms with Crippen molar-refractivity contribution >= 4 is 23.8 Å². The van der Waals surface area contributed by atoms with Crippen molar-refractivity contribution in [3.8, 4) is 0 Å². The van der Waals surface area contributed by atoms with Crippen molar-refractivity contribution in [3.05, 3.63) is 34.9 Å². The number of carbonyl (C=O) groups excluding carboxylic acids is 4. The largest absolute Gasteiger partial charge is 0.444 e. The molecule has 1 aromatic carbocycles. The number of carbonyl (C=O) groups is 4. The molecule has 3 aliphatic rings. The number of nitrogens with zero attached hydrogens (tertiary/aromatic N) is 3. The summed E-state index contributed by atoms with van der Waals surface area (Å²) in [4.78, 5) is 54.6. The van der Waals surface area contributed by atoms with Gasteiger partial charge in [-0.3, -0.25) is 24.6 Å². The Hall–Kier alpha value is -2.94. The van der Waals surface area contributed by atoms with E-state index in [2.05, 4.69) is 10.2 Å². The molecule has 0 radical (unpaired) electrons. The van der Waals surface area contributed by atoms with Crippen molar-refractivity contribution in [2.45, 2.75) is 71.3 Å². The number of nitrogens with one attached hydrogen (secondary N) is 1. The lowest BCUT2D eigenvalue weighted by atomic mass is 10.0. The van der Waals surface area contributed by atoms with Crippen LogP contribution in [-0.2, 0) is 27.4 Å². The topological polar surface area (TPSA) is 99.3 Å². The maximum absolute atomic E-state index is 12.9. The van der Waals surface area contributed by atoms with Gasteiger partial charge in [0.25, 0.3) is 5.91 Å². The second-order valence-electron chi connectivity index (χ2n) is 10.1. The van der Waals surface area contributed by atoms with Crippen LogP contribution in [0.1, 0.15) is 62.0 Å². The van der Waals surface area contributed by atoms with Gasteiger partial charge in [0.2, 0.25) is 11.8 Å². The molecule has 9 heteroatoms. The Kier molecular flexibility index (Phi) is 6.18. The number of fused-ring (bicyclic) bond motifs is 1. The van der Waals surface area contributed by atoms with E-state index in [4.69, 9.17) is 4.74 Å². The van der Waals surface area contributed by atoms with E-state index in [1.807, 2.05) is 45.9 Å². The summed E-state index contributed by atoms with van der Waals surface area (Å²) in [5.74, 6) is -0.848. The van der Waals surface area contributed by atoms with Crippen molar-refractivity contribution in [1.29, 1.82) is 0 Å². The first-order valence-corrected chi connectivity index (χ1v) is 11.5. The summed E-state index contributed by atoms with van der Waals surface area (Å²) in [5, 5.41) is 2.33. The summed E-state index contributed by atoms with van der Waals surface area (Å²) in [5.41, 5.74) is 2.09. The van der Waals surface area contributed by atoms with Crippen molar-refractivity contribution in [3.63, 3.8) is 0 Å². The summed E-state index contributed by atoms with van der Waals surface area (Å²) >= 11 is 0.